The van der Waals surface area contributed by atoms with E-state index in [0.717, 1.165) is 24.8 Å². The summed E-state index contributed by atoms with van der Waals surface area (Å²) in [5, 5.41) is 0. The number of benzene rings is 1. The monoisotopic (exact) mass is 293 g/mol. The highest BCUT2D eigenvalue weighted by Gasteiger charge is 2.07. The Hall–Kier alpha value is -2.04. The first-order valence-corrected chi connectivity index (χ1v) is 7.28. The van der Waals surface area contributed by atoms with E-state index in [9.17, 15) is 9.59 Å². The van der Waals surface area contributed by atoms with Crippen LogP contribution in [0.15, 0.2) is 24.3 Å². The van der Waals surface area contributed by atoms with Crippen LogP contribution >= 0.6 is 0 Å². The molecule has 0 bridgehead atoms. The second kappa shape index (κ2) is 9.80. The first-order valence-electron chi connectivity index (χ1n) is 7.28. The number of carbonyl (C=O) groups is 2. The molecule has 1 aromatic carbocycles. The lowest BCUT2D eigenvalue weighted by Crippen LogP contribution is -2.10. The van der Waals surface area contributed by atoms with Crippen molar-refractivity contribution in [1.29, 1.82) is 0 Å². The Bertz CT molecular complexity index is 459. The Labute approximate surface area is 125 Å². The fourth-order valence-corrected chi connectivity index (χ4v) is 1.87. The molecule has 0 heterocycles. The zero-order valence-electron chi connectivity index (χ0n) is 12.5. The zero-order chi connectivity index (χ0) is 15.5. The zero-order valence-corrected chi connectivity index (χ0v) is 12.5. The molecule has 0 fully saturated rings. The van der Waals surface area contributed by atoms with E-state index in [1.807, 2.05) is 18.2 Å². The minimum Gasteiger partial charge on any atom is -0.466 e. The quantitative estimate of drug-likeness (QED) is 0.430. The summed E-state index contributed by atoms with van der Waals surface area (Å²) in [5.74, 6) is -0.452. The molecular formula is C16H23NO4. The summed E-state index contributed by atoms with van der Waals surface area (Å²) in [4.78, 5) is 22.7. The van der Waals surface area contributed by atoms with Gasteiger partial charge in [-0.2, -0.15) is 0 Å². The predicted octanol–water partition coefficient (Wildman–Crippen LogP) is 2.48. The van der Waals surface area contributed by atoms with Crippen LogP contribution in [-0.4, -0.2) is 25.2 Å². The van der Waals surface area contributed by atoms with Crippen molar-refractivity contribution >= 4 is 17.6 Å². The topological polar surface area (TPSA) is 78.6 Å². The van der Waals surface area contributed by atoms with Gasteiger partial charge in [-0.05, 0) is 37.8 Å². The average Bonchev–Trinajstić information content (AvgIpc) is 2.45. The Morgan fingerprint density at radius 1 is 1.05 bits per heavy atom. The molecule has 116 valence electrons. The van der Waals surface area contributed by atoms with Gasteiger partial charge in [0.1, 0.15) is 0 Å². The summed E-state index contributed by atoms with van der Waals surface area (Å²) in [6.07, 6.45) is 2.94. The second-order valence-electron chi connectivity index (χ2n) is 4.71. The predicted molar refractivity (Wildman–Crippen MR) is 80.6 cm³/mol. The molecule has 0 aromatic heterocycles. The Morgan fingerprint density at radius 3 is 2.52 bits per heavy atom. The largest absolute Gasteiger partial charge is 0.466 e. The standard InChI is InChI=1S/C16H23NO4/c1-2-20-15(18)10-4-3-7-11-21-16(19)12-13-8-5-6-9-14(13)17/h5-6,8-9H,2-4,7,10-12,17H2,1H3. The third-order valence-electron chi connectivity index (χ3n) is 2.98. The van der Waals surface area contributed by atoms with Gasteiger partial charge in [0.2, 0.25) is 0 Å². The number of para-hydroxylation sites is 1. The fourth-order valence-electron chi connectivity index (χ4n) is 1.87. The van der Waals surface area contributed by atoms with E-state index < -0.39 is 0 Å². The van der Waals surface area contributed by atoms with Gasteiger partial charge in [-0.3, -0.25) is 9.59 Å². The number of rotatable bonds is 9. The third-order valence-corrected chi connectivity index (χ3v) is 2.98. The van der Waals surface area contributed by atoms with Crippen molar-refractivity contribution in [1.82, 2.24) is 0 Å². The maximum absolute atomic E-state index is 11.6. The smallest absolute Gasteiger partial charge is 0.310 e. The molecule has 0 atom stereocenters. The number of hydrogen-bond donors (Lipinski definition) is 1. The molecule has 0 saturated heterocycles. The highest BCUT2D eigenvalue weighted by atomic mass is 16.5. The van der Waals surface area contributed by atoms with Crippen LogP contribution in [0.2, 0.25) is 0 Å². The van der Waals surface area contributed by atoms with Crippen LogP contribution in [0, 0.1) is 0 Å². The van der Waals surface area contributed by atoms with E-state index in [-0.39, 0.29) is 18.4 Å². The van der Waals surface area contributed by atoms with Gasteiger partial charge in [0.05, 0.1) is 19.6 Å². The van der Waals surface area contributed by atoms with Crippen molar-refractivity contribution in [3.63, 3.8) is 0 Å². The first-order chi connectivity index (χ1) is 10.1. The summed E-state index contributed by atoms with van der Waals surface area (Å²) in [6, 6.07) is 7.25. The van der Waals surface area contributed by atoms with Crippen LogP contribution in [-0.2, 0) is 25.5 Å². The van der Waals surface area contributed by atoms with Crippen molar-refractivity contribution in [2.45, 2.75) is 39.0 Å². The molecule has 0 aliphatic rings. The lowest BCUT2D eigenvalue weighted by molar-refractivity contribution is -0.144. The van der Waals surface area contributed by atoms with Crippen LogP contribution in [0.25, 0.3) is 0 Å². The summed E-state index contributed by atoms with van der Waals surface area (Å²) >= 11 is 0. The van der Waals surface area contributed by atoms with E-state index >= 15 is 0 Å². The van der Waals surface area contributed by atoms with Crippen molar-refractivity contribution in [2.75, 3.05) is 18.9 Å². The first kappa shape index (κ1) is 17.0. The Balaban J connectivity index is 2.09. The molecule has 2 N–H and O–H groups in total. The molecule has 0 saturated carbocycles. The lowest BCUT2D eigenvalue weighted by Gasteiger charge is -2.06. The van der Waals surface area contributed by atoms with Gasteiger partial charge in [-0.15, -0.1) is 0 Å². The highest BCUT2D eigenvalue weighted by molar-refractivity contribution is 5.74. The summed E-state index contributed by atoms with van der Waals surface area (Å²) in [7, 11) is 0. The third kappa shape index (κ3) is 7.34. The number of ether oxygens (including phenoxy) is 2. The van der Waals surface area contributed by atoms with Crippen LogP contribution in [0.4, 0.5) is 5.69 Å². The van der Waals surface area contributed by atoms with Crippen LogP contribution in [0.1, 0.15) is 38.2 Å². The Kier molecular flexibility index (Phi) is 7.94. The number of nitrogen functional groups attached to an aromatic ring is 1. The van der Waals surface area contributed by atoms with E-state index in [2.05, 4.69) is 0 Å². The molecule has 1 aromatic rings. The SMILES string of the molecule is CCOC(=O)CCCCCOC(=O)Cc1ccccc1N. The van der Waals surface area contributed by atoms with E-state index in [4.69, 9.17) is 15.2 Å². The molecule has 0 unspecified atom stereocenters. The van der Waals surface area contributed by atoms with Gasteiger partial charge in [-0.1, -0.05) is 18.2 Å². The van der Waals surface area contributed by atoms with Gasteiger partial charge in [0.25, 0.3) is 0 Å². The average molecular weight is 293 g/mol. The maximum Gasteiger partial charge on any atom is 0.310 e. The van der Waals surface area contributed by atoms with Gasteiger partial charge in [-0.25, -0.2) is 0 Å². The number of hydrogen-bond acceptors (Lipinski definition) is 5. The maximum atomic E-state index is 11.6. The van der Waals surface area contributed by atoms with Crippen molar-refractivity contribution in [2.24, 2.45) is 0 Å². The molecule has 0 radical (unpaired) electrons. The fraction of sp³-hybridized carbons (Fsp3) is 0.500. The highest BCUT2D eigenvalue weighted by Crippen LogP contribution is 2.11. The summed E-state index contributed by atoms with van der Waals surface area (Å²) in [6.45, 7) is 2.57. The lowest BCUT2D eigenvalue weighted by atomic mass is 10.1. The van der Waals surface area contributed by atoms with E-state index in [1.54, 1.807) is 13.0 Å². The van der Waals surface area contributed by atoms with Crippen LogP contribution in [0.5, 0.6) is 0 Å². The van der Waals surface area contributed by atoms with E-state index in [1.165, 1.54) is 0 Å². The molecule has 0 spiro atoms. The number of anilines is 1. The normalized spacial score (nSPS) is 10.1. The minimum absolute atomic E-state index is 0.172. The summed E-state index contributed by atoms with van der Waals surface area (Å²) in [5.41, 5.74) is 7.15. The van der Waals surface area contributed by atoms with Gasteiger partial charge < -0.3 is 15.2 Å². The van der Waals surface area contributed by atoms with Gasteiger partial charge in [0, 0.05) is 12.1 Å². The molecule has 5 heteroatoms. The molecule has 1 rings (SSSR count). The van der Waals surface area contributed by atoms with Gasteiger partial charge >= 0.3 is 11.9 Å². The van der Waals surface area contributed by atoms with Gasteiger partial charge in [0.15, 0.2) is 0 Å². The van der Waals surface area contributed by atoms with Crippen molar-refractivity contribution in [3.05, 3.63) is 29.8 Å². The van der Waals surface area contributed by atoms with Crippen LogP contribution in [0.3, 0.4) is 0 Å². The molecule has 5 nitrogen and oxygen atoms in total. The summed E-state index contributed by atoms with van der Waals surface area (Å²) < 4.78 is 9.97. The number of nitrogens with two attached hydrogens (primary N) is 1. The molecular weight excluding hydrogens is 270 g/mol. The van der Waals surface area contributed by atoms with Crippen molar-refractivity contribution in [3.8, 4) is 0 Å². The number of unbranched alkanes of at least 4 members (excludes halogenated alkanes) is 2. The number of carbonyl (C=O) groups excluding carboxylic acids is 2. The molecule has 0 aliphatic heterocycles. The van der Waals surface area contributed by atoms with Crippen molar-refractivity contribution < 1.29 is 19.1 Å². The van der Waals surface area contributed by atoms with E-state index in [0.29, 0.717) is 25.3 Å². The number of esters is 2. The molecule has 0 amide bonds. The molecule has 0 aliphatic carbocycles. The second-order valence-corrected chi connectivity index (χ2v) is 4.71. The van der Waals surface area contributed by atoms with Crippen LogP contribution < -0.4 is 5.73 Å². The molecule has 21 heavy (non-hydrogen) atoms. The minimum atomic E-state index is -0.279. The Morgan fingerprint density at radius 2 is 1.81 bits per heavy atom.